The molecule has 0 aliphatic carbocycles. The fourth-order valence-electron chi connectivity index (χ4n) is 6.35. The highest BCUT2D eigenvalue weighted by molar-refractivity contribution is 5.68. The van der Waals surface area contributed by atoms with Crippen molar-refractivity contribution in [3.8, 4) is 34.3 Å². The molecule has 0 saturated carbocycles. The van der Waals surface area contributed by atoms with E-state index in [4.69, 9.17) is 4.74 Å². The minimum atomic E-state index is -4.89. The van der Waals surface area contributed by atoms with E-state index >= 15 is 0 Å². The van der Waals surface area contributed by atoms with Crippen molar-refractivity contribution in [3.05, 3.63) is 132 Å². The molecule has 1 aliphatic heterocycles. The number of aliphatic hydroxyl groups is 1. The molecule has 1 aromatic heterocycles. The van der Waals surface area contributed by atoms with Gasteiger partial charge in [-0.15, -0.1) is 31.4 Å². The first kappa shape index (κ1) is 35.7. The normalized spacial score (nSPS) is 14.7. The van der Waals surface area contributed by atoms with Crippen LogP contribution in [0, 0.1) is 12.8 Å². The fraction of sp³-hybridized carbons (Fsp3) is 0.263. The van der Waals surface area contributed by atoms with E-state index in [1.807, 2.05) is 61.5 Å². The summed E-state index contributed by atoms with van der Waals surface area (Å²) in [5.74, 6) is -0.360. The molecule has 51 heavy (non-hydrogen) atoms. The van der Waals surface area contributed by atoms with Gasteiger partial charge in [0.1, 0.15) is 22.8 Å². The van der Waals surface area contributed by atoms with Crippen LogP contribution in [0.2, 0.25) is 0 Å². The van der Waals surface area contributed by atoms with Gasteiger partial charge in [-0.1, -0.05) is 66.2 Å². The average Bonchev–Trinajstić information content (AvgIpc) is 3.09. The molecular weight excluding hydrogens is 676 g/mol. The number of hydrogen-bond acceptors (Lipinski definition) is 7. The van der Waals surface area contributed by atoms with E-state index in [-0.39, 0.29) is 11.1 Å². The Hall–Kier alpha value is -5.14. The number of alkyl halides is 6. The van der Waals surface area contributed by atoms with Crippen LogP contribution in [0.15, 0.2) is 109 Å². The molecule has 0 amide bonds. The fourth-order valence-corrected chi connectivity index (χ4v) is 6.35. The van der Waals surface area contributed by atoms with Crippen LogP contribution in [0.4, 0.5) is 26.3 Å². The predicted octanol–water partition coefficient (Wildman–Crippen LogP) is 9.19. The molecule has 0 atom stereocenters. The lowest BCUT2D eigenvalue weighted by atomic mass is 9.72. The lowest BCUT2D eigenvalue weighted by Crippen LogP contribution is -2.44. The first-order chi connectivity index (χ1) is 24.2. The summed E-state index contributed by atoms with van der Waals surface area (Å²) in [6.45, 7) is 3.78. The van der Waals surface area contributed by atoms with Crippen LogP contribution in [-0.2, 0) is 12.1 Å². The van der Waals surface area contributed by atoms with Crippen LogP contribution in [0.3, 0.4) is 0 Å². The van der Waals surface area contributed by atoms with Crippen molar-refractivity contribution in [2.75, 3.05) is 13.1 Å². The summed E-state index contributed by atoms with van der Waals surface area (Å²) < 4.78 is 90.8. The number of benzene rings is 4. The third-order valence-electron chi connectivity index (χ3n) is 8.83. The van der Waals surface area contributed by atoms with Crippen LogP contribution in [0.5, 0.6) is 23.1 Å². The number of piperidine rings is 1. The number of rotatable bonds is 10. The van der Waals surface area contributed by atoms with E-state index in [1.54, 1.807) is 6.20 Å². The molecule has 2 heterocycles. The van der Waals surface area contributed by atoms with Gasteiger partial charge in [0, 0.05) is 12.1 Å². The lowest BCUT2D eigenvalue weighted by Gasteiger charge is -2.42. The molecule has 4 aromatic carbocycles. The Morgan fingerprint density at radius 1 is 0.686 bits per heavy atom. The van der Waals surface area contributed by atoms with Gasteiger partial charge in [0.25, 0.3) is 0 Å². The zero-order chi connectivity index (χ0) is 36.2. The summed E-state index contributed by atoms with van der Waals surface area (Å²) in [6, 6.07) is 27.2. The first-order valence-corrected chi connectivity index (χ1v) is 16.1. The molecule has 6 rings (SSSR count). The van der Waals surface area contributed by atoms with Gasteiger partial charge in [-0.25, -0.2) is 0 Å². The van der Waals surface area contributed by atoms with Crippen molar-refractivity contribution in [2.45, 2.75) is 44.6 Å². The molecule has 266 valence electrons. The van der Waals surface area contributed by atoms with Crippen molar-refractivity contribution < 1.29 is 45.7 Å². The number of likely N-dealkylation sites (tertiary alicyclic amines) is 1. The molecule has 0 unspecified atom stereocenters. The minimum Gasteiger partial charge on any atom is -0.437 e. The highest BCUT2D eigenvalue weighted by Crippen LogP contribution is 2.43. The van der Waals surface area contributed by atoms with Gasteiger partial charge in [0.15, 0.2) is 0 Å². The molecule has 13 heteroatoms. The average molecular weight is 710 g/mol. The highest BCUT2D eigenvalue weighted by atomic mass is 19.4. The predicted molar refractivity (Wildman–Crippen MR) is 176 cm³/mol. The van der Waals surface area contributed by atoms with E-state index in [2.05, 4.69) is 24.6 Å². The zero-order valence-electron chi connectivity index (χ0n) is 27.3. The van der Waals surface area contributed by atoms with Gasteiger partial charge in [0.05, 0.1) is 6.20 Å². The number of aromatic nitrogens is 2. The van der Waals surface area contributed by atoms with Crippen molar-refractivity contribution >= 4 is 0 Å². The van der Waals surface area contributed by atoms with Gasteiger partial charge >= 0.3 is 12.7 Å². The summed E-state index contributed by atoms with van der Waals surface area (Å²) in [5.41, 5.74) is 2.77. The maximum Gasteiger partial charge on any atom is 0.573 e. The number of halogens is 6. The topological polar surface area (TPSA) is 76.9 Å². The smallest absolute Gasteiger partial charge is 0.437 e. The number of nitrogens with zero attached hydrogens (tertiary/aromatic N) is 3. The number of ether oxygens (including phenoxy) is 3. The van der Waals surface area contributed by atoms with E-state index in [9.17, 15) is 31.4 Å². The Morgan fingerprint density at radius 3 is 1.71 bits per heavy atom. The van der Waals surface area contributed by atoms with Crippen LogP contribution < -0.4 is 14.2 Å². The third kappa shape index (κ3) is 8.97. The van der Waals surface area contributed by atoms with Gasteiger partial charge in [-0.05, 0) is 103 Å². The maximum absolute atomic E-state index is 12.8. The SMILES string of the molecule is Cc1ccc(-c2ccnnc2Oc2ccc(CN3CCC(C(O)(c4ccc(OC(F)(F)F)cc4)c4ccc(OC(F)(F)F)cc4)CC3)cc2)cc1. The van der Waals surface area contributed by atoms with Crippen molar-refractivity contribution in [3.63, 3.8) is 0 Å². The molecule has 0 radical (unpaired) electrons. The molecule has 1 fully saturated rings. The number of hydrogen-bond donors (Lipinski definition) is 1. The van der Waals surface area contributed by atoms with Gasteiger partial charge in [0.2, 0.25) is 5.88 Å². The van der Waals surface area contributed by atoms with E-state index in [0.717, 1.165) is 46.5 Å². The molecule has 0 spiro atoms. The zero-order valence-corrected chi connectivity index (χ0v) is 27.3. The maximum atomic E-state index is 12.8. The summed E-state index contributed by atoms with van der Waals surface area (Å²) >= 11 is 0. The Morgan fingerprint density at radius 2 is 1.20 bits per heavy atom. The second kappa shape index (κ2) is 14.6. The van der Waals surface area contributed by atoms with Crippen molar-refractivity contribution in [1.29, 1.82) is 0 Å². The van der Waals surface area contributed by atoms with Crippen LogP contribution >= 0.6 is 0 Å². The monoisotopic (exact) mass is 709 g/mol. The quantitative estimate of drug-likeness (QED) is 0.145. The lowest BCUT2D eigenvalue weighted by molar-refractivity contribution is -0.275. The van der Waals surface area contributed by atoms with Crippen molar-refractivity contribution in [1.82, 2.24) is 15.1 Å². The van der Waals surface area contributed by atoms with Gasteiger partial charge in [-0.2, -0.15) is 5.10 Å². The van der Waals surface area contributed by atoms with Gasteiger partial charge in [-0.3, -0.25) is 4.90 Å². The molecule has 7 nitrogen and oxygen atoms in total. The second-order valence-electron chi connectivity index (χ2n) is 12.3. The van der Waals surface area contributed by atoms with E-state index < -0.39 is 35.7 Å². The Bertz CT molecular complexity index is 1830. The van der Waals surface area contributed by atoms with Crippen molar-refractivity contribution in [2.24, 2.45) is 5.92 Å². The number of aryl methyl sites for hydroxylation is 1. The molecule has 0 bridgehead atoms. The standard InChI is InChI=1S/C38H33F6N3O4/c1-25-2-6-27(7-3-25)34-18-21-45-46-35(34)49-31-12-4-26(5-13-31)24-47-22-19-30(20-23-47)36(48,28-8-14-32(15-9-28)50-37(39,40)41)29-10-16-33(17-11-29)51-38(42,43)44/h2-18,21,30,48H,19-20,22-24H2,1H3. The second-order valence-corrected chi connectivity index (χ2v) is 12.3. The van der Waals surface area contributed by atoms with Crippen LogP contribution in [0.25, 0.3) is 11.1 Å². The summed E-state index contributed by atoms with van der Waals surface area (Å²) in [5, 5.41) is 20.5. The van der Waals surface area contributed by atoms with Gasteiger partial charge < -0.3 is 19.3 Å². The Balaban J connectivity index is 1.14. The summed E-state index contributed by atoms with van der Waals surface area (Å²) in [7, 11) is 0. The molecule has 5 aromatic rings. The van der Waals surface area contributed by atoms with E-state index in [0.29, 0.717) is 44.1 Å². The van der Waals surface area contributed by atoms with Crippen LogP contribution in [-0.4, -0.2) is 46.0 Å². The third-order valence-corrected chi connectivity index (χ3v) is 8.83. The molecule has 1 saturated heterocycles. The van der Waals surface area contributed by atoms with Crippen LogP contribution in [0.1, 0.15) is 35.1 Å². The van der Waals surface area contributed by atoms with E-state index in [1.165, 1.54) is 24.3 Å². The minimum absolute atomic E-state index is 0.282. The molecule has 1 N–H and O–H groups in total. The first-order valence-electron chi connectivity index (χ1n) is 16.1. The molecular formula is C38H33F6N3O4. The largest absolute Gasteiger partial charge is 0.573 e. The Labute approximate surface area is 290 Å². The summed E-state index contributed by atoms with van der Waals surface area (Å²) in [4.78, 5) is 2.21. The summed E-state index contributed by atoms with van der Waals surface area (Å²) in [6.07, 6.45) is -7.19. The Kier molecular flexibility index (Phi) is 10.2. The molecule has 1 aliphatic rings. The highest BCUT2D eigenvalue weighted by Gasteiger charge is 2.42.